The van der Waals surface area contributed by atoms with Crippen molar-refractivity contribution in [3.63, 3.8) is 0 Å². The van der Waals surface area contributed by atoms with Crippen LogP contribution in [0.2, 0.25) is 0 Å². The second-order valence-electron chi connectivity index (χ2n) is 10.2. The Morgan fingerprint density at radius 3 is 2.67 bits per heavy atom. The highest BCUT2D eigenvalue weighted by atomic mass is 15.1. The monoisotopic (exact) mass is 474 g/mol. The number of hydrogen-bond acceptors (Lipinski definition) is 4. The van der Waals surface area contributed by atoms with Crippen LogP contribution in [0.5, 0.6) is 0 Å². The predicted octanol–water partition coefficient (Wildman–Crippen LogP) is 7.10. The third-order valence-electron chi connectivity index (χ3n) is 7.60. The molecule has 0 spiro atoms. The number of anilines is 2. The first-order valence-electron chi connectivity index (χ1n) is 13.0. The van der Waals surface area contributed by atoms with Crippen molar-refractivity contribution in [2.24, 2.45) is 5.92 Å². The van der Waals surface area contributed by atoms with E-state index >= 15 is 0 Å². The molecule has 3 N–H and O–H groups in total. The van der Waals surface area contributed by atoms with Gasteiger partial charge in [-0.2, -0.15) is 5.10 Å². The molecule has 2 fully saturated rings. The molecule has 0 unspecified atom stereocenters. The van der Waals surface area contributed by atoms with E-state index in [0.29, 0.717) is 5.92 Å². The molecule has 3 aromatic heterocycles. The largest absolute Gasteiger partial charge is 0.371 e. The van der Waals surface area contributed by atoms with Gasteiger partial charge in [-0.15, -0.1) is 0 Å². The summed E-state index contributed by atoms with van der Waals surface area (Å²) in [5.74, 6) is 0.602. The van der Waals surface area contributed by atoms with E-state index in [1.807, 2.05) is 12.4 Å². The number of aromatic amines is 2. The van der Waals surface area contributed by atoms with Crippen LogP contribution in [0.3, 0.4) is 0 Å². The second kappa shape index (κ2) is 8.55. The molecule has 2 aromatic carbocycles. The minimum absolute atomic E-state index is 0.602. The molecule has 6 heteroatoms. The zero-order valence-corrected chi connectivity index (χ0v) is 20.3. The molecule has 0 atom stereocenters. The molecule has 4 heterocycles. The van der Waals surface area contributed by atoms with Crippen LogP contribution >= 0.6 is 0 Å². The van der Waals surface area contributed by atoms with Crippen molar-refractivity contribution in [2.75, 3.05) is 23.3 Å². The molecule has 7 rings (SSSR count). The van der Waals surface area contributed by atoms with Crippen LogP contribution in [0.4, 0.5) is 11.4 Å². The van der Waals surface area contributed by atoms with E-state index in [2.05, 4.69) is 80.4 Å². The summed E-state index contributed by atoms with van der Waals surface area (Å²) in [4.78, 5) is 10.6. The van der Waals surface area contributed by atoms with Crippen LogP contribution in [0.1, 0.15) is 32.1 Å². The Balaban J connectivity index is 1.25. The summed E-state index contributed by atoms with van der Waals surface area (Å²) in [6.07, 6.45) is 10.1. The molecule has 1 aliphatic carbocycles. The molecule has 6 nitrogen and oxygen atoms in total. The zero-order chi connectivity index (χ0) is 24.1. The van der Waals surface area contributed by atoms with Gasteiger partial charge in [-0.1, -0.05) is 18.7 Å². The highest BCUT2D eigenvalue weighted by Crippen LogP contribution is 2.37. The van der Waals surface area contributed by atoms with Crippen molar-refractivity contribution in [3.05, 3.63) is 73.2 Å². The maximum Gasteiger partial charge on any atom is 0.116 e. The van der Waals surface area contributed by atoms with Gasteiger partial charge in [-0.05, 0) is 80.0 Å². The van der Waals surface area contributed by atoms with Gasteiger partial charge in [0.1, 0.15) is 5.69 Å². The Labute approximate surface area is 210 Å². The van der Waals surface area contributed by atoms with Crippen LogP contribution in [-0.4, -0.2) is 33.3 Å². The number of fused-ring (bicyclic) bond motifs is 2. The fraction of sp³-hybridized carbons (Fsp3) is 0.267. The number of piperidine rings is 1. The number of pyridine rings is 1. The second-order valence-corrected chi connectivity index (χ2v) is 10.2. The normalized spacial score (nSPS) is 16.1. The molecule has 5 aromatic rings. The lowest BCUT2D eigenvalue weighted by atomic mass is 10.0. The average molecular weight is 475 g/mol. The number of H-pyrrole nitrogens is 2. The Morgan fingerprint density at radius 1 is 0.917 bits per heavy atom. The summed E-state index contributed by atoms with van der Waals surface area (Å²) >= 11 is 0. The summed E-state index contributed by atoms with van der Waals surface area (Å²) < 4.78 is 0. The first-order valence-corrected chi connectivity index (χ1v) is 13.0. The lowest BCUT2D eigenvalue weighted by Crippen LogP contribution is -2.29. The smallest absolute Gasteiger partial charge is 0.116 e. The van der Waals surface area contributed by atoms with Crippen LogP contribution in [0.15, 0.2) is 73.2 Å². The minimum atomic E-state index is 0.602. The van der Waals surface area contributed by atoms with Gasteiger partial charge in [-0.3, -0.25) is 10.1 Å². The van der Waals surface area contributed by atoms with Gasteiger partial charge in [0.25, 0.3) is 0 Å². The number of rotatable bonds is 6. The third kappa shape index (κ3) is 3.83. The topological polar surface area (TPSA) is 72.6 Å². The quantitative estimate of drug-likeness (QED) is 0.245. The van der Waals surface area contributed by atoms with Gasteiger partial charge in [0.2, 0.25) is 0 Å². The molecular weight excluding hydrogens is 444 g/mol. The van der Waals surface area contributed by atoms with Crippen LogP contribution in [0.25, 0.3) is 44.3 Å². The Kier molecular flexibility index (Phi) is 5.05. The Bertz CT molecular complexity index is 1580. The first-order chi connectivity index (χ1) is 17.7. The maximum absolute atomic E-state index is 4.71. The molecule has 180 valence electrons. The predicted molar refractivity (Wildman–Crippen MR) is 148 cm³/mol. The number of aromatic nitrogens is 4. The number of nitrogens with one attached hydrogen (secondary N) is 3. The Morgan fingerprint density at radius 2 is 1.81 bits per heavy atom. The van der Waals surface area contributed by atoms with Gasteiger partial charge in [-0.25, -0.2) is 0 Å². The molecule has 2 aliphatic rings. The molecule has 0 amide bonds. The van der Waals surface area contributed by atoms with Crippen molar-refractivity contribution in [2.45, 2.75) is 32.1 Å². The van der Waals surface area contributed by atoms with Crippen molar-refractivity contribution in [1.82, 2.24) is 20.2 Å². The van der Waals surface area contributed by atoms with E-state index in [9.17, 15) is 0 Å². The number of benzene rings is 2. The SMILES string of the molecule is C=C(Nc1cncc(-c2ccc3[nH]nc(-c4cc5c(N6CCCCC6)cccc5[nH]4)c3c2)c1)C1CC1. The molecule has 0 bridgehead atoms. The zero-order valence-electron chi connectivity index (χ0n) is 20.3. The summed E-state index contributed by atoms with van der Waals surface area (Å²) in [7, 11) is 0. The average Bonchev–Trinajstić information content (AvgIpc) is 3.55. The summed E-state index contributed by atoms with van der Waals surface area (Å²) in [6.45, 7) is 6.45. The summed E-state index contributed by atoms with van der Waals surface area (Å²) in [5, 5.41) is 13.7. The third-order valence-corrected chi connectivity index (χ3v) is 7.60. The van der Waals surface area contributed by atoms with E-state index in [1.54, 1.807) is 0 Å². The van der Waals surface area contributed by atoms with Crippen LogP contribution < -0.4 is 10.2 Å². The maximum atomic E-state index is 4.71. The van der Waals surface area contributed by atoms with E-state index in [0.717, 1.165) is 63.4 Å². The van der Waals surface area contributed by atoms with Crippen molar-refractivity contribution >= 4 is 33.2 Å². The molecular formula is C30H30N6. The standard InChI is InChI=1S/C30H30N6/c1-19(20-8-9-20)32-23-14-22(17-31-18-23)21-10-11-27-25(15-21)30(35-34-27)28-16-24-26(33-28)6-5-7-29(24)36-12-3-2-4-13-36/h5-7,10-11,14-18,20,32-33H,1-4,8-9,12-13H2,(H,34,35). The van der Waals surface area contributed by atoms with E-state index in [-0.39, 0.29) is 0 Å². The van der Waals surface area contributed by atoms with E-state index < -0.39 is 0 Å². The van der Waals surface area contributed by atoms with Gasteiger partial charge in [0, 0.05) is 52.5 Å². The van der Waals surface area contributed by atoms with Crippen molar-refractivity contribution in [1.29, 1.82) is 0 Å². The fourth-order valence-corrected chi connectivity index (χ4v) is 5.46. The highest BCUT2D eigenvalue weighted by Gasteiger charge is 2.24. The summed E-state index contributed by atoms with van der Waals surface area (Å²) in [5.41, 5.74) is 9.72. The molecule has 1 saturated carbocycles. The van der Waals surface area contributed by atoms with Crippen molar-refractivity contribution in [3.8, 4) is 22.5 Å². The lowest BCUT2D eigenvalue weighted by Gasteiger charge is -2.29. The Hall–Kier alpha value is -4.06. The number of nitrogens with zero attached hydrogens (tertiary/aromatic N) is 3. The summed E-state index contributed by atoms with van der Waals surface area (Å²) in [6, 6.07) is 17.4. The lowest BCUT2D eigenvalue weighted by molar-refractivity contribution is 0.579. The molecule has 0 radical (unpaired) electrons. The molecule has 36 heavy (non-hydrogen) atoms. The number of hydrogen-bond donors (Lipinski definition) is 3. The van der Waals surface area contributed by atoms with Gasteiger partial charge >= 0.3 is 0 Å². The van der Waals surface area contributed by atoms with E-state index in [4.69, 9.17) is 5.10 Å². The minimum Gasteiger partial charge on any atom is -0.371 e. The molecule has 1 aliphatic heterocycles. The van der Waals surface area contributed by atoms with Crippen LogP contribution in [0, 0.1) is 5.92 Å². The van der Waals surface area contributed by atoms with Crippen molar-refractivity contribution < 1.29 is 0 Å². The number of allylic oxidation sites excluding steroid dienone is 1. The van der Waals surface area contributed by atoms with Gasteiger partial charge in [0.05, 0.1) is 23.1 Å². The molecule has 1 saturated heterocycles. The van der Waals surface area contributed by atoms with Gasteiger partial charge < -0.3 is 15.2 Å². The highest BCUT2D eigenvalue weighted by molar-refractivity contribution is 6.01. The van der Waals surface area contributed by atoms with Crippen LogP contribution in [-0.2, 0) is 0 Å². The first kappa shape index (κ1) is 21.2. The van der Waals surface area contributed by atoms with E-state index in [1.165, 1.54) is 43.2 Å². The fourth-order valence-electron chi connectivity index (χ4n) is 5.46. The van der Waals surface area contributed by atoms with Gasteiger partial charge in [0.15, 0.2) is 0 Å².